The summed E-state index contributed by atoms with van der Waals surface area (Å²) in [4.78, 5) is 33.3. The van der Waals surface area contributed by atoms with E-state index >= 15 is 0 Å². The molecule has 2 amide bonds. The molecule has 1 aromatic heterocycles. The van der Waals surface area contributed by atoms with Gasteiger partial charge in [-0.2, -0.15) is 5.10 Å². The first-order valence-electron chi connectivity index (χ1n) is 5.91. The van der Waals surface area contributed by atoms with Gasteiger partial charge < -0.3 is 16.2 Å². The lowest BCUT2D eigenvalue weighted by Crippen LogP contribution is -2.42. The van der Waals surface area contributed by atoms with E-state index in [2.05, 4.69) is 10.4 Å². The summed E-state index contributed by atoms with van der Waals surface area (Å²) in [5, 5.41) is 15.4. The molecule has 1 aromatic rings. The second kappa shape index (κ2) is 6.89. The van der Waals surface area contributed by atoms with Gasteiger partial charge in [0.15, 0.2) is 0 Å². The minimum atomic E-state index is -1.37. The molecule has 0 bridgehead atoms. The van der Waals surface area contributed by atoms with Gasteiger partial charge in [-0.3, -0.25) is 14.3 Å². The summed E-state index contributed by atoms with van der Waals surface area (Å²) in [6, 6.07) is -1.37. The van der Waals surface area contributed by atoms with Gasteiger partial charge in [-0.15, -0.1) is 0 Å². The lowest BCUT2D eigenvalue weighted by Gasteiger charge is -2.10. The normalized spacial score (nSPS) is 12.3. The number of carbonyl (C=O) groups is 3. The summed E-state index contributed by atoms with van der Waals surface area (Å²) in [7, 11) is 1.65. The first-order valence-corrected chi connectivity index (χ1v) is 6.29. The average molecular weight is 315 g/mol. The molecule has 0 aliphatic heterocycles. The molecule has 0 saturated heterocycles. The first-order chi connectivity index (χ1) is 9.72. The Hall–Kier alpha value is -2.35. The van der Waals surface area contributed by atoms with Gasteiger partial charge in [-0.25, -0.2) is 4.79 Å². The molecule has 0 aliphatic carbocycles. The van der Waals surface area contributed by atoms with Crippen molar-refractivity contribution in [2.24, 2.45) is 12.8 Å². The average Bonchev–Trinajstić information content (AvgIpc) is 2.60. The maximum absolute atomic E-state index is 11.7. The van der Waals surface area contributed by atoms with Crippen molar-refractivity contribution in [3.8, 4) is 0 Å². The van der Waals surface area contributed by atoms with Crippen molar-refractivity contribution >= 4 is 35.5 Å². The number of carboxylic acids is 1. The van der Waals surface area contributed by atoms with Crippen LogP contribution in [-0.4, -0.2) is 38.7 Å². The third-order valence-electron chi connectivity index (χ3n) is 2.62. The lowest BCUT2D eigenvalue weighted by molar-refractivity contribution is -0.142. The smallest absolute Gasteiger partial charge is 0.326 e. The van der Waals surface area contributed by atoms with Gasteiger partial charge in [0.05, 0.1) is 12.1 Å². The number of aromatic nitrogens is 2. The second-order valence-electron chi connectivity index (χ2n) is 4.32. The predicted octanol–water partition coefficient (Wildman–Crippen LogP) is -0.160. The van der Waals surface area contributed by atoms with E-state index < -0.39 is 30.2 Å². The molecule has 114 valence electrons. The summed E-state index contributed by atoms with van der Waals surface area (Å²) < 4.78 is 1.45. The molecule has 1 heterocycles. The quantitative estimate of drug-likeness (QED) is 0.629. The highest BCUT2D eigenvalue weighted by Gasteiger charge is 2.21. The molecule has 0 radical (unpaired) electrons. The minimum Gasteiger partial charge on any atom is -0.480 e. The Labute approximate surface area is 125 Å². The fourth-order valence-electron chi connectivity index (χ4n) is 1.62. The molecule has 1 rings (SSSR count). The molecule has 0 aromatic carbocycles. The van der Waals surface area contributed by atoms with E-state index in [1.807, 2.05) is 0 Å². The Morgan fingerprint density at radius 3 is 2.57 bits per heavy atom. The SMILES string of the molecule is Cc1nn(C)c(Cl)c1/C=C/C(=O)N[C@H](CC(N)=O)C(=O)O. The number of nitrogens with zero attached hydrogens (tertiary/aromatic N) is 2. The number of aryl methyl sites for hydroxylation is 2. The van der Waals surface area contributed by atoms with Crippen LogP contribution in [0.2, 0.25) is 5.15 Å². The van der Waals surface area contributed by atoms with E-state index in [4.69, 9.17) is 22.4 Å². The fraction of sp³-hybridized carbons (Fsp3) is 0.333. The molecule has 0 saturated carbocycles. The van der Waals surface area contributed by atoms with Crippen molar-refractivity contribution in [1.82, 2.24) is 15.1 Å². The number of nitrogens with one attached hydrogen (secondary N) is 1. The van der Waals surface area contributed by atoms with Crippen LogP contribution >= 0.6 is 11.6 Å². The van der Waals surface area contributed by atoms with E-state index in [0.29, 0.717) is 16.4 Å². The highest BCUT2D eigenvalue weighted by atomic mass is 35.5. The molecule has 0 fully saturated rings. The number of hydrogen-bond donors (Lipinski definition) is 3. The summed E-state index contributed by atoms with van der Waals surface area (Å²) in [5.74, 6) is -2.84. The van der Waals surface area contributed by atoms with E-state index in [9.17, 15) is 14.4 Å². The Balaban J connectivity index is 2.78. The minimum absolute atomic E-state index is 0.350. The highest BCUT2D eigenvalue weighted by Crippen LogP contribution is 2.19. The number of primary amides is 1. The van der Waals surface area contributed by atoms with Gasteiger partial charge >= 0.3 is 5.97 Å². The zero-order valence-corrected chi connectivity index (χ0v) is 12.2. The summed E-state index contributed by atoms with van der Waals surface area (Å²) in [6.07, 6.45) is 2.05. The number of rotatable bonds is 6. The third-order valence-corrected chi connectivity index (χ3v) is 3.07. The van der Waals surface area contributed by atoms with Crippen molar-refractivity contribution in [3.63, 3.8) is 0 Å². The molecule has 0 spiro atoms. The van der Waals surface area contributed by atoms with Gasteiger partial charge in [0.1, 0.15) is 11.2 Å². The Morgan fingerprint density at radius 2 is 2.14 bits per heavy atom. The molecule has 8 nitrogen and oxygen atoms in total. The van der Waals surface area contributed by atoms with Crippen LogP contribution in [0.15, 0.2) is 6.08 Å². The third kappa shape index (κ3) is 4.60. The molecular weight excluding hydrogens is 300 g/mol. The zero-order valence-electron chi connectivity index (χ0n) is 11.5. The van der Waals surface area contributed by atoms with Crippen LogP contribution in [0.3, 0.4) is 0 Å². The number of carbonyl (C=O) groups excluding carboxylic acids is 2. The Morgan fingerprint density at radius 1 is 1.52 bits per heavy atom. The van der Waals surface area contributed by atoms with Gasteiger partial charge in [0.25, 0.3) is 0 Å². The monoisotopic (exact) mass is 314 g/mol. The zero-order chi connectivity index (χ0) is 16.2. The molecule has 0 unspecified atom stereocenters. The van der Waals surface area contributed by atoms with Crippen molar-refractivity contribution < 1.29 is 19.5 Å². The van der Waals surface area contributed by atoms with Crippen LogP contribution in [0.25, 0.3) is 6.08 Å². The number of hydrogen-bond acceptors (Lipinski definition) is 4. The molecular formula is C12H15ClN4O4. The van der Waals surface area contributed by atoms with Gasteiger partial charge in [0, 0.05) is 18.7 Å². The maximum atomic E-state index is 11.7. The maximum Gasteiger partial charge on any atom is 0.326 e. The molecule has 4 N–H and O–H groups in total. The Bertz CT molecular complexity index is 609. The fourth-order valence-corrected chi connectivity index (χ4v) is 1.85. The topological polar surface area (TPSA) is 127 Å². The van der Waals surface area contributed by atoms with Crippen molar-refractivity contribution in [2.45, 2.75) is 19.4 Å². The summed E-state index contributed by atoms with van der Waals surface area (Å²) >= 11 is 5.98. The van der Waals surface area contributed by atoms with Gasteiger partial charge in [-0.1, -0.05) is 11.6 Å². The van der Waals surface area contributed by atoms with E-state index in [-0.39, 0.29) is 0 Å². The number of amides is 2. The van der Waals surface area contributed by atoms with Crippen molar-refractivity contribution in [3.05, 3.63) is 22.5 Å². The molecule has 9 heteroatoms. The molecule has 1 atom stereocenters. The molecule has 21 heavy (non-hydrogen) atoms. The van der Waals surface area contributed by atoms with E-state index in [1.165, 1.54) is 10.8 Å². The summed E-state index contributed by atoms with van der Waals surface area (Å²) in [6.45, 7) is 1.72. The lowest BCUT2D eigenvalue weighted by atomic mass is 10.2. The van der Waals surface area contributed by atoms with Crippen LogP contribution in [-0.2, 0) is 21.4 Å². The van der Waals surface area contributed by atoms with Crippen molar-refractivity contribution in [1.29, 1.82) is 0 Å². The number of carboxylic acid groups (broad SMARTS) is 1. The number of aliphatic carboxylic acids is 1. The van der Waals surface area contributed by atoms with Crippen LogP contribution in [0.5, 0.6) is 0 Å². The van der Waals surface area contributed by atoms with Crippen molar-refractivity contribution in [2.75, 3.05) is 0 Å². The van der Waals surface area contributed by atoms with Gasteiger partial charge in [-0.05, 0) is 13.0 Å². The van der Waals surface area contributed by atoms with Gasteiger partial charge in [0.2, 0.25) is 11.8 Å². The Kier molecular flexibility index (Phi) is 5.48. The van der Waals surface area contributed by atoms with Crippen LogP contribution in [0, 0.1) is 6.92 Å². The number of nitrogens with two attached hydrogens (primary N) is 1. The van der Waals surface area contributed by atoms with Crippen LogP contribution < -0.4 is 11.1 Å². The molecule has 0 aliphatic rings. The van der Waals surface area contributed by atoms with E-state index in [1.54, 1.807) is 14.0 Å². The van der Waals surface area contributed by atoms with Crippen LogP contribution in [0.1, 0.15) is 17.7 Å². The highest BCUT2D eigenvalue weighted by molar-refractivity contribution is 6.31. The number of halogens is 1. The van der Waals surface area contributed by atoms with Crippen LogP contribution in [0.4, 0.5) is 0 Å². The standard InChI is InChI=1S/C12H15ClN4O4/c1-6-7(11(13)17(2)16-6)3-4-10(19)15-8(12(20)21)5-9(14)18/h3-4,8H,5H2,1-2H3,(H2,14,18)(H,15,19)(H,20,21)/b4-3+/t8-/m1/s1. The second-order valence-corrected chi connectivity index (χ2v) is 4.67. The largest absolute Gasteiger partial charge is 0.480 e. The first kappa shape index (κ1) is 16.7. The summed E-state index contributed by atoms with van der Waals surface area (Å²) in [5.41, 5.74) is 6.09. The predicted molar refractivity (Wildman–Crippen MR) is 75.4 cm³/mol. The van der Waals surface area contributed by atoms with E-state index in [0.717, 1.165) is 6.08 Å².